The van der Waals surface area contributed by atoms with E-state index >= 15 is 0 Å². The molecule has 1 saturated carbocycles. The smallest absolute Gasteiger partial charge is 0.287 e. The van der Waals surface area contributed by atoms with Crippen molar-refractivity contribution in [1.82, 2.24) is 20.2 Å². The van der Waals surface area contributed by atoms with E-state index in [1.807, 2.05) is 23.9 Å². The second kappa shape index (κ2) is 9.83. The Hall–Kier alpha value is -1.73. The van der Waals surface area contributed by atoms with Crippen molar-refractivity contribution in [3.05, 3.63) is 36.0 Å². The summed E-state index contributed by atoms with van der Waals surface area (Å²) >= 11 is 1.59. The molecular formula is C19H28N4O2S. The quantitative estimate of drug-likeness (QED) is 0.420. The van der Waals surface area contributed by atoms with Crippen LogP contribution in [0.2, 0.25) is 0 Å². The van der Waals surface area contributed by atoms with E-state index in [9.17, 15) is 4.79 Å². The number of thioether (sulfide) groups is 1. The molecular weight excluding hydrogens is 348 g/mol. The number of hydrogen-bond donors (Lipinski definition) is 2. The zero-order valence-electron chi connectivity index (χ0n) is 15.4. The Labute approximate surface area is 159 Å². The zero-order valence-corrected chi connectivity index (χ0v) is 16.2. The molecule has 0 aromatic carbocycles. The van der Waals surface area contributed by atoms with Gasteiger partial charge in [-0.1, -0.05) is 37.4 Å². The molecule has 0 radical (unpaired) electrons. The molecule has 1 amide bonds. The number of nitrogens with zero attached hydrogens (tertiary/aromatic N) is 2. The molecule has 0 aliphatic heterocycles. The van der Waals surface area contributed by atoms with Crippen molar-refractivity contribution >= 4 is 17.7 Å². The molecule has 2 aromatic heterocycles. The van der Waals surface area contributed by atoms with Crippen LogP contribution in [-0.2, 0) is 12.8 Å². The number of aryl methyl sites for hydroxylation is 1. The van der Waals surface area contributed by atoms with Crippen molar-refractivity contribution in [2.45, 2.75) is 55.5 Å². The van der Waals surface area contributed by atoms with Crippen LogP contribution in [0.15, 0.2) is 34.1 Å². The number of aromatic nitrogens is 2. The number of furan rings is 1. The molecule has 2 N–H and O–H groups in total. The average Bonchev–Trinajstić information content (AvgIpc) is 3.19. The van der Waals surface area contributed by atoms with Gasteiger partial charge in [-0.2, -0.15) is 0 Å². The van der Waals surface area contributed by atoms with Crippen molar-refractivity contribution in [3.63, 3.8) is 0 Å². The molecule has 2 aromatic rings. The first-order valence-electron chi connectivity index (χ1n) is 9.43. The molecule has 0 saturated heterocycles. The fourth-order valence-electron chi connectivity index (χ4n) is 3.23. The van der Waals surface area contributed by atoms with Gasteiger partial charge in [-0.25, -0.2) is 4.98 Å². The summed E-state index contributed by atoms with van der Waals surface area (Å²) in [4.78, 5) is 16.5. The standard InChI is InChI=1S/C19H28N4O2S/c1-23-13-12-22-19(23)26-14-16-8-9-17(25-16)18(24)21-11-10-20-15-6-4-2-3-5-7-15/h8-9,12-13,15,20H,2-7,10-11,14H2,1H3,(H,21,24). The van der Waals surface area contributed by atoms with E-state index < -0.39 is 0 Å². The second-order valence-electron chi connectivity index (χ2n) is 6.77. The molecule has 7 heteroatoms. The Morgan fingerprint density at radius 2 is 2.08 bits per heavy atom. The Bertz CT molecular complexity index is 689. The van der Waals surface area contributed by atoms with Crippen LogP contribution in [0.4, 0.5) is 0 Å². The van der Waals surface area contributed by atoms with E-state index in [-0.39, 0.29) is 5.91 Å². The summed E-state index contributed by atoms with van der Waals surface area (Å²) in [5.74, 6) is 1.65. The lowest BCUT2D eigenvalue weighted by Crippen LogP contribution is -2.36. The van der Waals surface area contributed by atoms with Crippen LogP contribution in [0, 0.1) is 0 Å². The molecule has 1 fully saturated rings. The molecule has 142 valence electrons. The highest BCUT2D eigenvalue weighted by molar-refractivity contribution is 7.98. The monoisotopic (exact) mass is 376 g/mol. The summed E-state index contributed by atoms with van der Waals surface area (Å²) in [5.41, 5.74) is 0. The second-order valence-corrected chi connectivity index (χ2v) is 7.72. The van der Waals surface area contributed by atoms with E-state index in [0.717, 1.165) is 17.5 Å². The van der Waals surface area contributed by atoms with Crippen LogP contribution in [0.3, 0.4) is 0 Å². The summed E-state index contributed by atoms with van der Waals surface area (Å²) < 4.78 is 7.62. The fourth-order valence-corrected chi connectivity index (χ4v) is 4.05. The van der Waals surface area contributed by atoms with E-state index in [4.69, 9.17) is 4.42 Å². The highest BCUT2D eigenvalue weighted by Gasteiger charge is 2.13. The Balaban J connectivity index is 1.36. The molecule has 6 nitrogen and oxygen atoms in total. The van der Waals surface area contributed by atoms with Crippen LogP contribution in [0.5, 0.6) is 0 Å². The fraction of sp³-hybridized carbons (Fsp3) is 0.579. The molecule has 26 heavy (non-hydrogen) atoms. The highest BCUT2D eigenvalue weighted by Crippen LogP contribution is 2.22. The highest BCUT2D eigenvalue weighted by atomic mass is 32.2. The molecule has 0 unspecified atom stereocenters. The van der Waals surface area contributed by atoms with Crippen LogP contribution >= 0.6 is 11.8 Å². The first-order chi connectivity index (χ1) is 12.7. The van der Waals surface area contributed by atoms with Crippen molar-refractivity contribution in [2.75, 3.05) is 13.1 Å². The SMILES string of the molecule is Cn1ccnc1SCc1ccc(C(=O)NCCNC2CCCCCC2)o1. The van der Waals surface area contributed by atoms with Crippen molar-refractivity contribution in [3.8, 4) is 0 Å². The Kier molecular flexibility index (Phi) is 7.20. The van der Waals surface area contributed by atoms with Crippen molar-refractivity contribution in [2.24, 2.45) is 7.05 Å². The lowest BCUT2D eigenvalue weighted by molar-refractivity contribution is 0.0924. The van der Waals surface area contributed by atoms with Gasteiger partial charge in [0.2, 0.25) is 0 Å². The molecule has 2 heterocycles. The summed E-state index contributed by atoms with van der Waals surface area (Å²) in [6.07, 6.45) is 11.5. The normalized spacial score (nSPS) is 15.7. The van der Waals surface area contributed by atoms with Gasteiger partial charge in [-0.15, -0.1) is 0 Å². The van der Waals surface area contributed by atoms with Gasteiger partial charge >= 0.3 is 0 Å². The van der Waals surface area contributed by atoms with Crippen LogP contribution in [0.25, 0.3) is 0 Å². The van der Waals surface area contributed by atoms with Crippen LogP contribution in [-0.4, -0.2) is 34.6 Å². The average molecular weight is 377 g/mol. The Morgan fingerprint density at radius 1 is 1.27 bits per heavy atom. The predicted molar refractivity (Wildman–Crippen MR) is 103 cm³/mol. The van der Waals surface area contributed by atoms with Crippen molar-refractivity contribution in [1.29, 1.82) is 0 Å². The zero-order chi connectivity index (χ0) is 18.2. The third-order valence-electron chi connectivity index (χ3n) is 4.70. The maximum absolute atomic E-state index is 12.2. The number of nitrogens with one attached hydrogen (secondary N) is 2. The van der Waals surface area contributed by atoms with Crippen LogP contribution < -0.4 is 10.6 Å². The van der Waals surface area contributed by atoms with Gasteiger partial charge < -0.3 is 19.6 Å². The Morgan fingerprint density at radius 3 is 2.81 bits per heavy atom. The van der Waals surface area contributed by atoms with Crippen LogP contribution in [0.1, 0.15) is 54.8 Å². The molecule has 1 aliphatic carbocycles. The van der Waals surface area contributed by atoms with Gasteiger partial charge in [0.15, 0.2) is 10.9 Å². The maximum atomic E-state index is 12.2. The molecule has 3 rings (SSSR count). The minimum atomic E-state index is -0.152. The maximum Gasteiger partial charge on any atom is 0.287 e. The summed E-state index contributed by atoms with van der Waals surface area (Å²) in [6, 6.07) is 4.20. The number of rotatable bonds is 8. The minimum Gasteiger partial charge on any atom is -0.455 e. The number of carbonyl (C=O) groups is 1. The van der Waals surface area contributed by atoms with E-state index in [2.05, 4.69) is 15.6 Å². The number of hydrogen-bond acceptors (Lipinski definition) is 5. The first kappa shape index (κ1) is 19.0. The van der Waals surface area contributed by atoms with E-state index in [1.165, 1.54) is 38.5 Å². The first-order valence-corrected chi connectivity index (χ1v) is 10.4. The molecule has 0 atom stereocenters. The topological polar surface area (TPSA) is 72.1 Å². The van der Waals surface area contributed by atoms with Crippen molar-refractivity contribution < 1.29 is 9.21 Å². The lowest BCUT2D eigenvalue weighted by atomic mass is 10.1. The molecule has 0 spiro atoms. The number of carbonyl (C=O) groups excluding carboxylic acids is 1. The largest absolute Gasteiger partial charge is 0.455 e. The van der Waals surface area contributed by atoms with E-state index in [1.54, 1.807) is 24.0 Å². The van der Waals surface area contributed by atoms with Gasteiger partial charge in [0.25, 0.3) is 5.91 Å². The van der Waals surface area contributed by atoms with Gasteiger partial charge in [0.05, 0.1) is 5.75 Å². The summed E-state index contributed by atoms with van der Waals surface area (Å²) in [6.45, 7) is 1.42. The van der Waals surface area contributed by atoms with Gasteiger partial charge in [0, 0.05) is 38.6 Å². The van der Waals surface area contributed by atoms with Gasteiger partial charge in [-0.3, -0.25) is 4.79 Å². The van der Waals surface area contributed by atoms with Gasteiger partial charge in [-0.05, 0) is 25.0 Å². The number of amides is 1. The number of imidazole rings is 1. The molecule has 1 aliphatic rings. The lowest BCUT2D eigenvalue weighted by Gasteiger charge is -2.16. The summed E-state index contributed by atoms with van der Waals surface area (Å²) in [5, 5.41) is 7.41. The predicted octanol–water partition coefficient (Wildman–Crippen LogP) is 3.35. The molecule has 0 bridgehead atoms. The van der Waals surface area contributed by atoms with Gasteiger partial charge in [0.1, 0.15) is 5.76 Å². The summed E-state index contributed by atoms with van der Waals surface area (Å²) in [7, 11) is 1.96. The third-order valence-corrected chi connectivity index (χ3v) is 5.79. The minimum absolute atomic E-state index is 0.152. The van der Waals surface area contributed by atoms with E-state index in [0.29, 0.717) is 24.1 Å². The third kappa shape index (κ3) is 5.64.